The normalized spacial score (nSPS) is 11.0. The first-order chi connectivity index (χ1) is 4.83. The highest BCUT2D eigenvalue weighted by Crippen LogP contribution is 2.11. The minimum atomic E-state index is 0.580. The van der Waals surface area contributed by atoms with Crippen LogP contribution >= 0.6 is 15.9 Å². The molecule has 0 unspecified atom stereocenters. The van der Waals surface area contributed by atoms with E-state index < -0.39 is 0 Å². The first-order valence-corrected chi connectivity index (χ1v) is 3.83. The Bertz CT molecular complexity index is 227. The SMILES string of the molecule is NCC=Cc1cc(Br)c[nH]1. The van der Waals surface area contributed by atoms with E-state index in [9.17, 15) is 0 Å². The maximum Gasteiger partial charge on any atom is 0.0389 e. The molecule has 3 N–H and O–H groups in total. The summed E-state index contributed by atoms with van der Waals surface area (Å²) in [4.78, 5) is 3.05. The van der Waals surface area contributed by atoms with E-state index >= 15 is 0 Å². The molecule has 0 aromatic carbocycles. The maximum absolute atomic E-state index is 5.27. The van der Waals surface area contributed by atoms with Gasteiger partial charge in [0.15, 0.2) is 0 Å². The topological polar surface area (TPSA) is 41.8 Å². The van der Waals surface area contributed by atoms with Crippen molar-refractivity contribution < 1.29 is 0 Å². The molecule has 0 amide bonds. The van der Waals surface area contributed by atoms with Crippen LogP contribution in [0.15, 0.2) is 22.8 Å². The molecule has 0 radical (unpaired) electrons. The van der Waals surface area contributed by atoms with Gasteiger partial charge < -0.3 is 10.7 Å². The van der Waals surface area contributed by atoms with Crippen LogP contribution in [0.2, 0.25) is 0 Å². The van der Waals surface area contributed by atoms with E-state index in [4.69, 9.17) is 5.73 Å². The van der Waals surface area contributed by atoms with Crippen molar-refractivity contribution in [2.75, 3.05) is 6.54 Å². The van der Waals surface area contributed by atoms with E-state index in [-0.39, 0.29) is 0 Å². The molecule has 3 heteroatoms. The van der Waals surface area contributed by atoms with Crippen molar-refractivity contribution in [3.05, 3.63) is 28.5 Å². The first-order valence-electron chi connectivity index (χ1n) is 3.03. The Morgan fingerprint density at radius 2 is 2.50 bits per heavy atom. The molecule has 1 aromatic heterocycles. The molecule has 0 spiro atoms. The Morgan fingerprint density at radius 3 is 3.00 bits per heavy atom. The lowest BCUT2D eigenvalue weighted by Crippen LogP contribution is -1.91. The molecular weight excluding hydrogens is 192 g/mol. The zero-order valence-corrected chi connectivity index (χ0v) is 7.06. The number of halogens is 1. The van der Waals surface area contributed by atoms with Crippen LogP contribution < -0.4 is 5.73 Å². The average Bonchev–Trinajstić information content (AvgIpc) is 2.31. The average molecular weight is 201 g/mol. The number of rotatable bonds is 2. The van der Waals surface area contributed by atoms with Crippen molar-refractivity contribution in [1.29, 1.82) is 0 Å². The van der Waals surface area contributed by atoms with Gasteiger partial charge in [0, 0.05) is 22.9 Å². The Kier molecular flexibility index (Phi) is 2.71. The number of nitrogens with one attached hydrogen (secondary N) is 1. The predicted octanol–water partition coefficient (Wildman–Crippen LogP) is 1.75. The zero-order valence-electron chi connectivity index (χ0n) is 5.47. The highest BCUT2D eigenvalue weighted by Gasteiger charge is 1.88. The standard InChI is InChI=1S/C7H9BrN2/c8-6-4-7(10-5-6)2-1-3-9/h1-2,4-5,10H,3,9H2. The quantitative estimate of drug-likeness (QED) is 0.751. The van der Waals surface area contributed by atoms with Crippen molar-refractivity contribution in [2.45, 2.75) is 0 Å². The number of aromatic amines is 1. The van der Waals surface area contributed by atoms with Gasteiger partial charge >= 0.3 is 0 Å². The van der Waals surface area contributed by atoms with E-state index in [0.717, 1.165) is 10.2 Å². The summed E-state index contributed by atoms with van der Waals surface area (Å²) in [6, 6.07) is 1.99. The first kappa shape index (κ1) is 7.57. The van der Waals surface area contributed by atoms with Gasteiger partial charge in [0.1, 0.15) is 0 Å². The summed E-state index contributed by atoms with van der Waals surface area (Å²) >= 11 is 3.33. The Hall–Kier alpha value is -0.540. The van der Waals surface area contributed by atoms with E-state index in [0.29, 0.717) is 6.54 Å². The van der Waals surface area contributed by atoms with Gasteiger partial charge in [-0.25, -0.2) is 0 Å². The summed E-state index contributed by atoms with van der Waals surface area (Å²) < 4.78 is 1.06. The minimum absolute atomic E-state index is 0.580. The van der Waals surface area contributed by atoms with Crippen LogP contribution in [0.3, 0.4) is 0 Å². The van der Waals surface area contributed by atoms with Crippen molar-refractivity contribution >= 4 is 22.0 Å². The Labute approximate surface area is 68.3 Å². The molecule has 0 aliphatic carbocycles. The smallest absolute Gasteiger partial charge is 0.0389 e. The van der Waals surface area contributed by atoms with E-state index in [1.54, 1.807) is 0 Å². The van der Waals surface area contributed by atoms with Crippen LogP contribution in [0, 0.1) is 0 Å². The molecule has 0 aliphatic heterocycles. The van der Waals surface area contributed by atoms with Crippen molar-refractivity contribution in [3.8, 4) is 0 Å². The fraction of sp³-hybridized carbons (Fsp3) is 0.143. The highest BCUT2D eigenvalue weighted by molar-refractivity contribution is 9.10. The molecule has 0 atom stereocenters. The largest absolute Gasteiger partial charge is 0.361 e. The van der Waals surface area contributed by atoms with E-state index in [1.165, 1.54) is 0 Å². The van der Waals surface area contributed by atoms with Crippen LogP contribution in [0.25, 0.3) is 6.08 Å². The molecule has 54 valence electrons. The van der Waals surface area contributed by atoms with Crippen LogP contribution in [0.5, 0.6) is 0 Å². The summed E-state index contributed by atoms with van der Waals surface area (Å²) in [5, 5.41) is 0. The summed E-state index contributed by atoms with van der Waals surface area (Å²) in [5.74, 6) is 0. The van der Waals surface area contributed by atoms with Gasteiger partial charge in [-0.1, -0.05) is 6.08 Å². The maximum atomic E-state index is 5.27. The lowest BCUT2D eigenvalue weighted by Gasteiger charge is -1.81. The third-order valence-electron chi connectivity index (χ3n) is 1.10. The van der Waals surface area contributed by atoms with Gasteiger partial charge in [-0.2, -0.15) is 0 Å². The summed E-state index contributed by atoms with van der Waals surface area (Å²) in [7, 11) is 0. The van der Waals surface area contributed by atoms with Crippen LogP contribution in [-0.4, -0.2) is 11.5 Å². The molecular formula is C7H9BrN2. The molecule has 0 saturated heterocycles. The van der Waals surface area contributed by atoms with Crippen molar-refractivity contribution in [1.82, 2.24) is 4.98 Å². The monoisotopic (exact) mass is 200 g/mol. The number of hydrogen-bond donors (Lipinski definition) is 2. The van der Waals surface area contributed by atoms with Crippen LogP contribution in [-0.2, 0) is 0 Å². The van der Waals surface area contributed by atoms with E-state index in [2.05, 4.69) is 20.9 Å². The second-order valence-corrected chi connectivity index (χ2v) is 2.83. The lowest BCUT2D eigenvalue weighted by atomic mass is 10.4. The number of H-pyrrole nitrogens is 1. The summed E-state index contributed by atoms with van der Waals surface area (Å²) in [6.45, 7) is 0.580. The van der Waals surface area contributed by atoms with Crippen LogP contribution in [0.4, 0.5) is 0 Å². The minimum Gasteiger partial charge on any atom is -0.361 e. The second kappa shape index (κ2) is 3.58. The Morgan fingerprint density at radius 1 is 1.70 bits per heavy atom. The van der Waals surface area contributed by atoms with Crippen molar-refractivity contribution in [2.24, 2.45) is 5.73 Å². The highest BCUT2D eigenvalue weighted by atomic mass is 79.9. The number of nitrogens with two attached hydrogens (primary N) is 1. The molecule has 10 heavy (non-hydrogen) atoms. The third kappa shape index (κ3) is 2.01. The molecule has 0 bridgehead atoms. The fourth-order valence-electron chi connectivity index (χ4n) is 0.675. The fourth-order valence-corrected chi connectivity index (χ4v) is 1.04. The Balaban J connectivity index is 2.67. The van der Waals surface area contributed by atoms with Crippen molar-refractivity contribution in [3.63, 3.8) is 0 Å². The summed E-state index contributed by atoms with van der Waals surface area (Å²) in [6.07, 6.45) is 5.74. The zero-order chi connectivity index (χ0) is 7.40. The number of aromatic nitrogens is 1. The molecule has 1 aromatic rings. The van der Waals surface area contributed by atoms with Crippen LogP contribution in [0.1, 0.15) is 5.69 Å². The van der Waals surface area contributed by atoms with Gasteiger partial charge in [0.2, 0.25) is 0 Å². The van der Waals surface area contributed by atoms with Gasteiger partial charge in [-0.15, -0.1) is 0 Å². The predicted molar refractivity (Wildman–Crippen MR) is 46.6 cm³/mol. The molecule has 2 nitrogen and oxygen atoms in total. The molecule has 1 heterocycles. The van der Waals surface area contributed by atoms with Gasteiger partial charge in [-0.3, -0.25) is 0 Å². The molecule has 0 aliphatic rings. The van der Waals surface area contributed by atoms with Gasteiger partial charge in [0.05, 0.1) is 0 Å². The summed E-state index contributed by atoms with van der Waals surface area (Å²) in [5.41, 5.74) is 6.34. The third-order valence-corrected chi connectivity index (χ3v) is 1.56. The second-order valence-electron chi connectivity index (χ2n) is 1.91. The van der Waals surface area contributed by atoms with Gasteiger partial charge in [0.25, 0.3) is 0 Å². The molecule has 1 rings (SSSR count). The van der Waals surface area contributed by atoms with Gasteiger partial charge in [-0.05, 0) is 28.1 Å². The van der Waals surface area contributed by atoms with E-state index in [1.807, 2.05) is 24.4 Å². The number of hydrogen-bond acceptors (Lipinski definition) is 1. The lowest BCUT2D eigenvalue weighted by molar-refractivity contribution is 1.26. The molecule has 0 saturated carbocycles. The molecule has 0 fully saturated rings.